The summed E-state index contributed by atoms with van der Waals surface area (Å²) in [7, 11) is -3.70. The van der Waals surface area contributed by atoms with Gasteiger partial charge < -0.3 is 4.90 Å². The van der Waals surface area contributed by atoms with E-state index in [1.165, 1.54) is 23.5 Å². The van der Waals surface area contributed by atoms with Crippen LogP contribution < -0.4 is 9.62 Å². The van der Waals surface area contributed by atoms with Crippen LogP contribution in [0.5, 0.6) is 0 Å². The molecule has 30 heavy (non-hydrogen) atoms. The molecule has 9 heteroatoms. The average Bonchev–Trinajstić information content (AvgIpc) is 3.23. The van der Waals surface area contributed by atoms with E-state index in [0.717, 1.165) is 28.6 Å². The van der Waals surface area contributed by atoms with Gasteiger partial charge in [-0.1, -0.05) is 34.1 Å². The van der Waals surface area contributed by atoms with Crippen LogP contribution in [0.25, 0.3) is 0 Å². The molecule has 0 bridgehead atoms. The number of nitrogens with zero attached hydrogens (tertiary/aromatic N) is 2. The highest BCUT2D eigenvalue weighted by Gasteiger charge is 2.26. The summed E-state index contributed by atoms with van der Waals surface area (Å²) in [6, 6.07) is 13.8. The number of rotatable bonds is 5. The summed E-state index contributed by atoms with van der Waals surface area (Å²) in [6.07, 6.45) is 1.86. The lowest BCUT2D eigenvalue weighted by molar-refractivity contribution is 0.0981. The number of nitrogens with one attached hydrogen (secondary N) is 1. The maximum absolute atomic E-state index is 13.1. The highest BCUT2D eigenvalue weighted by Crippen LogP contribution is 2.29. The maximum atomic E-state index is 13.1. The Morgan fingerprint density at radius 1 is 1.20 bits per heavy atom. The summed E-state index contributed by atoms with van der Waals surface area (Å²) >= 11 is 4.58. The predicted octanol–water partition coefficient (Wildman–Crippen LogP) is 4.54. The van der Waals surface area contributed by atoms with Gasteiger partial charge in [0.2, 0.25) is 10.0 Å². The Hall–Kier alpha value is -2.07. The van der Waals surface area contributed by atoms with Gasteiger partial charge >= 0.3 is 0 Å². The number of anilines is 1. The third-order valence-corrected chi connectivity index (χ3v) is 8.04. The number of hydrogen-bond donors (Lipinski definition) is 1. The van der Waals surface area contributed by atoms with E-state index < -0.39 is 16.1 Å². The zero-order chi connectivity index (χ0) is 21.3. The first kappa shape index (κ1) is 21.2. The number of fused-ring (bicyclic) bond motifs is 1. The SMILES string of the molecule is CC(NS(=O)(=O)c1ccc(Br)cc1)c1nc(C(=O)N2CCCc3ccccc32)cs1. The predicted molar refractivity (Wildman–Crippen MR) is 121 cm³/mol. The van der Waals surface area contributed by atoms with E-state index in [1.807, 2.05) is 24.3 Å². The third-order valence-electron chi connectivity index (χ3n) is 4.92. The molecule has 0 aliphatic carbocycles. The molecule has 1 aliphatic heterocycles. The Morgan fingerprint density at radius 3 is 2.70 bits per heavy atom. The lowest BCUT2D eigenvalue weighted by Gasteiger charge is -2.28. The zero-order valence-corrected chi connectivity index (χ0v) is 19.4. The van der Waals surface area contributed by atoms with Gasteiger partial charge in [-0.15, -0.1) is 11.3 Å². The number of para-hydroxylation sites is 1. The number of benzene rings is 2. The van der Waals surface area contributed by atoms with Crippen LogP contribution in [0.1, 0.15) is 40.4 Å². The standard InChI is InChI=1S/C21H20BrN3O3S2/c1-14(24-30(27,28)17-10-8-16(22)9-11-17)20-23-18(13-29-20)21(26)25-12-4-6-15-5-2-3-7-19(15)25/h2-3,5,7-11,13-14,24H,4,6,12H2,1H3. The largest absolute Gasteiger partial charge is 0.307 e. The first-order valence-electron chi connectivity index (χ1n) is 9.48. The molecule has 156 valence electrons. The second-order valence-electron chi connectivity index (χ2n) is 7.06. The zero-order valence-electron chi connectivity index (χ0n) is 16.2. The molecule has 4 rings (SSSR count). The summed E-state index contributed by atoms with van der Waals surface area (Å²) in [5.41, 5.74) is 2.41. The average molecular weight is 506 g/mol. The second kappa shape index (κ2) is 8.58. The van der Waals surface area contributed by atoms with Gasteiger partial charge in [0.05, 0.1) is 10.9 Å². The van der Waals surface area contributed by atoms with Gasteiger partial charge in [-0.05, 0) is 55.7 Å². The summed E-state index contributed by atoms with van der Waals surface area (Å²) in [6.45, 7) is 2.37. The minimum atomic E-state index is -3.70. The molecule has 0 saturated carbocycles. The number of thiazole rings is 1. The van der Waals surface area contributed by atoms with Gasteiger partial charge in [0, 0.05) is 22.1 Å². The first-order chi connectivity index (χ1) is 14.3. The molecule has 1 unspecified atom stereocenters. The van der Waals surface area contributed by atoms with Crippen molar-refractivity contribution in [2.75, 3.05) is 11.4 Å². The van der Waals surface area contributed by atoms with Crippen molar-refractivity contribution in [2.24, 2.45) is 0 Å². The topological polar surface area (TPSA) is 79.4 Å². The van der Waals surface area contributed by atoms with Gasteiger partial charge in [-0.2, -0.15) is 0 Å². The van der Waals surface area contributed by atoms with Gasteiger partial charge in [0.15, 0.2) is 0 Å². The Morgan fingerprint density at radius 2 is 1.93 bits per heavy atom. The van der Waals surface area contributed by atoms with Crippen LogP contribution in [-0.4, -0.2) is 25.9 Å². The third kappa shape index (κ3) is 4.34. The number of amides is 1. The van der Waals surface area contributed by atoms with Crippen LogP contribution in [0, 0.1) is 0 Å². The quantitative estimate of drug-likeness (QED) is 0.551. The second-order valence-corrected chi connectivity index (χ2v) is 10.6. The molecule has 3 aromatic rings. The number of sulfonamides is 1. The minimum Gasteiger partial charge on any atom is -0.307 e. The molecular formula is C21H20BrN3O3S2. The van der Waals surface area contributed by atoms with Crippen molar-refractivity contribution in [1.29, 1.82) is 0 Å². The fourth-order valence-corrected chi connectivity index (χ4v) is 5.78. The fraction of sp³-hybridized carbons (Fsp3) is 0.238. The lowest BCUT2D eigenvalue weighted by atomic mass is 10.0. The van der Waals surface area contributed by atoms with E-state index in [1.54, 1.807) is 29.3 Å². The van der Waals surface area contributed by atoms with E-state index in [4.69, 9.17) is 0 Å². The molecule has 0 radical (unpaired) electrons. The van der Waals surface area contributed by atoms with Crippen LogP contribution >= 0.6 is 27.3 Å². The fourth-order valence-electron chi connectivity index (χ4n) is 3.43. The van der Waals surface area contributed by atoms with Gasteiger partial charge in [0.25, 0.3) is 5.91 Å². The van der Waals surface area contributed by atoms with E-state index in [-0.39, 0.29) is 10.8 Å². The summed E-state index contributed by atoms with van der Waals surface area (Å²) in [5.74, 6) is -0.160. The summed E-state index contributed by atoms with van der Waals surface area (Å²) < 4.78 is 28.7. The molecule has 6 nitrogen and oxygen atoms in total. The number of halogens is 1. The molecule has 1 atom stereocenters. The van der Waals surface area contributed by atoms with Crippen molar-refractivity contribution < 1.29 is 13.2 Å². The van der Waals surface area contributed by atoms with E-state index >= 15 is 0 Å². The van der Waals surface area contributed by atoms with E-state index in [2.05, 4.69) is 25.6 Å². The van der Waals surface area contributed by atoms with Crippen LogP contribution in [0.3, 0.4) is 0 Å². The number of carbonyl (C=O) groups excluding carboxylic acids is 1. The lowest BCUT2D eigenvalue weighted by Crippen LogP contribution is -2.35. The molecule has 1 amide bonds. The Bertz CT molecular complexity index is 1180. The molecule has 1 aliphatic rings. The van der Waals surface area contributed by atoms with Crippen molar-refractivity contribution in [1.82, 2.24) is 9.71 Å². The monoisotopic (exact) mass is 505 g/mol. The molecule has 0 saturated heterocycles. The normalized spacial score (nSPS) is 14.9. The van der Waals surface area contributed by atoms with Gasteiger partial charge in [0.1, 0.15) is 10.7 Å². The molecule has 2 aromatic carbocycles. The van der Waals surface area contributed by atoms with Crippen molar-refractivity contribution in [3.05, 3.63) is 74.6 Å². The highest BCUT2D eigenvalue weighted by atomic mass is 79.9. The molecular weight excluding hydrogens is 486 g/mol. The van der Waals surface area contributed by atoms with E-state index in [0.29, 0.717) is 17.2 Å². The molecule has 0 fully saturated rings. The Kier molecular flexibility index (Phi) is 6.06. The molecule has 0 spiro atoms. The summed E-state index contributed by atoms with van der Waals surface area (Å²) in [5, 5.41) is 2.24. The van der Waals surface area contributed by atoms with Crippen molar-refractivity contribution in [2.45, 2.75) is 30.7 Å². The highest BCUT2D eigenvalue weighted by molar-refractivity contribution is 9.10. The minimum absolute atomic E-state index is 0.160. The van der Waals surface area contributed by atoms with Crippen molar-refractivity contribution in [3.8, 4) is 0 Å². The Balaban J connectivity index is 1.51. The van der Waals surface area contributed by atoms with Crippen LogP contribution in [0.2, 0.25) is 0 Å². The maximum Gasteiger partial charge on any atom is 0.277 e. The molecule has 1 aromatic heterocycles. The smallest absolute Gasteiger partial charge is 0.277 e. The molecule has 1 N–H and O–H groups in total. The van der Waals surface area contributed by atoms with Crippen LogP contribution in [0.15, 0.2) is 63.3 Å². The first-order valence-corrected chi connectivity index (χ1v) is 12.6. The van der Waals surface area contributed by atoms with Crippen LogP contribution in [-0.2, 0) is 16.4 Å². The summed E-state index contributed by atoms with van der Waals surface area (Å²) in [4.78, 5) is 19.4. The number of aryl methyl sites for hydroxylation is 1. The van der Waals surface area contributed by atoms with Crippen LogP contribution in [0.4, 0.5) is 5.69 Å². The molecule has 2 heterocycles. The Labute approximate surface area is 188 Å². The van der Waals surface area contributed by atoms with Gasteiger partial charge in [-0.25, -0.2) is 18.1 Å². The van der Waals surface area contributed by atoms with Gasteiger partial charge in [-0.3, -0.25) is 4.79 Å². The van der Waals surface area contributed by atoms with Crippen molar-refractivity contribution in [3.63, 3.8) is 0 Å². The van der Waals surface area contributed by atoms with Crippen molar-refractivity contribution >= 4 is 48.9 Å². The van der Waals surface area contributed by atoms with E-state index in [9.17, 15) is 13.2 Å². The number of aromatic nitrogens is 1. The number of hydrogen-bond acceptors (Lipinski definition) is 5. The number of carbonyl (C=O) groups is 1.